The zero-order chi connectivity index (χ0) is 12.1. The molecule has 0 aromatic heterocycles. The molecule has 0 aliphatic heterocycles. The summed E-state index contributed by atoms with van der Waals surface area (Å²) in [6.45, 7) is 4.02. The van der Waals surface area contributed by atoms with Crippen LogP contribution in [0.2, 0.25) is 5.02 Å². The summed E-state index contributed by atoms with van der Waals surface area (Å²) in [6.07, 6.45) is 0. The Balaban J connectivity index is 2.99. The summed E-state index contributed by atoms with van der Waals surface area (Å²) in [4.78, 5) is 10.1. The SMILES string of the molecule is CC#CCNc1cc(Cl)c([N+](=O)[O-])cc1C. The van der Waals surface area contributed by atoms with Gasteiger partial charge in [0.25, 0.3) is 5.69 Å². The lowest BCUT2D eigenvalue weighted by Gasteiger charge is -2.07. The molecule has 16 heavy (non-hydrogen) atoms. The van der Waals surface area contributed by atoms with Gasteiger partial charge in [-0.05, 0) is 25.5 Å². The van der Waals surface area contributed by atoms with Crippen LogP contribution in [0.4, 0.5) is 11.4 Å². The number of halogens is 1. The average Bonchev–Trinajstić information content (AvgIpc) is 2.22. The molecule has 0 fully saturated rings. The Hall–Kier alpha value is -1.73. The first-order valence-corrected chi connectivity index (χ1v) is 5.02. The third kappa shape index (κ3) is 2.88. The molecule has 1 aromatic rings. The van der Waals surface area contributed by atoms with Gasteiger partial charge in [0, 0.05) is 11.8 Å². The molecule has 0 bridgehead atoms. The van der Waals surface area contributed by atoms with Crippen molar-refractivity contribution in [1.29, 1.82) is 0 Å². The van der Waals surface area contributed by atoms with Crippen molar-refractivity contribution in [3.8, 4) is 11.8 Å². The number of hydrogen-bond acceptors (Lipinski definition) is 3. The molecule has 1 rings (SSSR count). The molecule has 0 radical (unpaired) electrons. The molecule has 0 unspecified atom stereocenters. The second-order valence-corrected chi connectivity index (χ2v) is 3.56. The van der Waals surface area contributed by atoms with E-state index in [0.717, 1.165) is 11.3 Å². The van der Waals surface area contributed by atoms with Gasteiger partial charge in [-0.15, -0.1) is 5.92 Å². The van der Waals surface area contributed by atoms with Gasteiger partial charge in [-0.25, -0.2) is 0 Å². The number of nitro benzene ring substituents is 1. The highest BCUT2D eigenvalue weighted by Crippen LogP contribution is 2.30. The summed E-state index contributed by atoms with van der Waals surface area (Å²) in [5.41, 5.74) is 1.46. The van der Waals surface area contributed by atoms with Crippen molar-refractivity contribution >= 4 is 23.0 Å². The number of anilines is 1. The molecule has 0 spiro atoms. The van der Waals surface area contributed by atoms with Gasteiger partial charge in [-0.2, -0.15) is 0 Å². The standard InChI is InChI=1S/C11H11ClN2O2/c1-3-4-5-13-10-7-9(12)11(14(15)16)6-8(10)2/h6-7,13H,5H2,1-2H3. The Morgan fingerprint density at radius 1 is 1.56 bits per heavy atom. The van der Waals surface area contributed by atoms with E-state index in [1.54, 1.807) is 19.9 Å². The van der Waals surface area contributed by atoms with E-state index in [9.17, 15) is 10.1 Å². The summed E-state index contributed by atoms with van der Waals surface area (Å²) < 4.78 is 0. The summed E-state index contributed by atoms with van der Waals surface area (Å²) in [5, 5.41) is 13.8. The van der Waals surface area contributed by atoms with Gasteiger partial charge in [0.05, 0.1) is 11.5 Å². The summed E-state index contributed by atoms with van der Waals surface area (Å²) >= 11 is 5.79. The Kier molecular flexibility index (Phi) is 4.15. The molecule has 0 heterocycles. The largest absolute Gasteiger partial charge is 0.374 e. The lowest BCUT2D eigenvalue weighted by molar-refractivity contribution is -0.384. The average molecular weight is 239 g/mol. The molecule has 1 N–H and O–H groups in total. The van der Waals surface area contributed by atoms with Crippen molar-refractivity contribution in [3.05, 3.63) is 32.8 Å². The van der Waals surface area contributed by atoms with E-state index in [-0.39, 0.29) is 10.7 Å². The first kappa shape index (κ1) is 12.3. The molecule has 84 valence electrons. The number of aryl methyl sites for hydroxylation is 1. The Bertz CT molecular complexity index is 475. The molecule has 5 heteroatoms. The van der Waals surface area contributed by atoms with E-state index in [1.165, 1.54) is 6.07 Å². The highest BCUT2D eigenvalue weighted by molar-refractivity contribution is 6.33. The fourth-order valence-electron chi connectivity index (χ4n) is 1.22. The molecule has 1 aromatic carbocycles. The maximum atomic E-state index is 10.6. The topological polar surface area (TPSA) is 55.2 Å². The maximum Gasteiger partial charge on any atom is 0.288 e. The second-order valence-electron chi connectivity index (χ2n) is 3.16. The van der Waals surface area contributed by atoms with Gasteiger partial charge in [-0.1, -0.05) is 17.5 Å². The predicted octanol–water partition coefficient (Wildman–Crippen LogP) is 2.99. The highest BCUT2D eigenvalue weighted by Gasteiger charge is 2.14. The number of nitrogens with zero attached hydrogens (tertiary/aromatic N) is 1. The van der Waals surface area contributed by atoms with E-state index in [1.807, 2.05) is 0 Å². The number of benzene rings is 1. The third-order valence-corrected chi connectivity index (χ3v) is 2.34. The highest BCUT2D eigenvalue weighted by atomic mass is 35.5. The predicted molar refractivity (Wildman–Crippen MR) is 64.8 cm³/mol. The van der Waals surface area contributed by atoms with E-state index in [2.05, 4.69) is 17.2 Å². The zero-order valence-electron chi connectivity index (χ0n) is 9.00. The van der Waals surface area contributed by atoms with E-state index in [4.69, 9.17) is 11.6 Å². The van der Waals surface area contributed by atoms with Crippen LogP contribution in [0.5, 0.6) is 0 Å². The van der Waals surface area contributed by atoms with Gasteiger partial charge in [0.15, 0.2) is 0 Å². The normalized spacial score (nSPS) is 9.19. The molecule has 0 amide bonds. The Labute approximate surface area is 98.8 Å². The summed E-state index contributed by atoms with van der Waals surface area (Å²) in [6, 6.07) is 3.00. The lowest BCUT2D eigenvalue weighted by Crippen LogP contribution is -2.01. The van der Waals surface area contributed by atoms with E-state index < -0.39 is 4.92 Å². The van der Waals surface area contributed by atoms with Crippen molar-refractivity contribution in [2.24, 2.45) is 0 Å². The van der Waals surface area contributed by atoms with Gasteiger partial charge in [0.1, 0.15) is 5.02 Å². The van der Waals surface area contributed by atoms with Crippen molar-refractivity contribution in [3.63, 3.8) is 0 Å². The number of nitrogens with one attached hydrogen (secondary N) is 1. The van der Waals surface area contributed by atoms with Gasteiger partial charge >= 0.3 is 0 Å². The lowest BCUT2D eigenvalue weighted by atomic mass is 10.2. The molecule has 0 saturated carbocycles. The molecule has 0 aliphatic rings. The van der Waals surface area contributed by atoms with Crippen LogP contribution in [0.1, 0.15) is 12.5 Å². The molecule has 0 atom stereocenters. The van der Waals surface area contributed by atoms with E-state index in [0.29, 0.717) is 6.54 Å². The van der Waals surface area contributed by atoms with Crippen LogP contribution in [0, 0.1) is 28.9 Å². The van der Waals surface area contributed by atoms with Gasteiger partial charge in [-0.3, -0.25) is 10.1 Å². The minimum absolute atomic E-state index is 0.0775. The van der Waals surface area contributed by atoms with Crippen molar-refractivity contribution in [2.75, 3.05) is 11.9 Å². The van der Waals surface area contributed by atoms with Crippen LogP contribution in [0.3, 0.4) is 0 Å². The molecule has 4 nitrogen and oxygen atoms in total. The zero-order valence-corrected chi connectivity index (χ0v) is 9.76. The van der Waals surface area contributed by atoms with Crippen LogP contribution in [-0.4, -0.2) is 11.5 Å². The van der Waals surface area contributed by atoms with Crippen LogP contribution < -0.4 is 5.32 Å². The van der Waals surface area contributed by atoms with Crippen molar-refractivity contribution in [2.45, 2.75) is 13.8 Å². The molecular weight excluding hydrogens is 228 g/mol. The first-order chi connectivity index (χ1) is 7.56. The number of hydrogen-bond donors (Lipinski definition) is 1. The van der Waals surface area contributed by atoms with Crippen LogP contribution in [-0.2, 0) is 0 Å². The van der Waals surface area contributed by atoms with Gasteiger partial charge in [0.2, 0.25) is 0 Å². The molecule has 0 aliphatic carbocycles. The van der Waals surface area contributed by atoms with Crippen molar-refractivity contribution in [1.82, 2.24) is 0 Å². The van der Waals surface area contributed by atoms with E-state index >= 15 is 0 Å². The third-order valence-electron chi connectivity index (χ3n) is 2.03. The molecule has 0 saturated heterocycles. The Morgan fingerprint density at radius 3 is 2.81 bits per heavy atom. The maximum absolute atomic E-state index is 10.6. The smallest absolute Gasteiger partial charge is 0.288 e. The minimum Gasteiger partial charge on any atom is -0.374 e. The fourth-order valence-corrected chi connectivity index (χ4v) is 1.46. The van der Waals surface area contributed by atoms with Gasteiger partial charge < -0.3 is 5.32 Å². The first-order valence-electron chi connectivity index (χ1n) is 4.64. The van der Waals surface area contributed by atoms with Crippen LogP contribution in [0.15, 0.2) is 12.1 Å². The summed E-state index contributed by atoms with van der Waals surface area (Å²) in [5.74, 6) is 5.59. The quantitative estimate of drug-likeness (QED) is 0.500. The minimum atomic E-state index is -0.495. The van der Waals surface area contributed by atoms with Crippen molar-refractivity contribution < 1.29 is 4.92 Å². The monoisotopic (exact) mass is 238 g/mol. The Morgan fingerprint density at radius 2 is 2.25 bits per heavy atom. The van der Waals surface area contributed by atoms with Crippen LogP contribution in [0.25, 0.3) is 0 Å². The van der Waals surface area contributed by atoms with Crippen LogP contribution >= 0.6 is 11.6 Å². The number of rotatable bonds is 3. The molecular formula is C11H11ClN2O2. The fraction of sp³-hybridized carbons (Fsp3) is 0.273. The summed E-state index contributed by atoms with van der Waals surface area (Å²) in [7, 11) is 0. The number of nitro groups is 1. The second kappa shape index (κ2) is 5.38.